The van der Waals surface area contributed by atoms with E-state index in [-0.39, 0.29) is 10.6 Å². The van der Waals surface area contributed by atoms with Crippen LogP contribution in [0.4, 0.5) is 17.3 Å². The first-order valence-electron chi connectivity index (χ1n) is 6.77. The van der Waals surface area contributed by atoms with Crippen LogP contribution in [0.15, 0.2) is 12.1 Å². The molecular formula is C13H22N4O2. The first-order chi connectivity index (χ1) is 9.12. The molecule has 0 aromatic carbocycles. The number of pyridine rings is 1. The maximum Gasteiger partial charge on any atom is 0.276 e. The lowest BCUT2D eigenvalue weighted by Gasteiger charge is -2.22. The lowest BCUT2D eigenvalue weighted by molar-refractivity contribution is -0.384. The zero-order valence-corrected chi connectivity index (χ0v) is 11.8. The number of nitrogens with zero attached hydrogens (tertiary/aromatic N) is 3. The van der Waals surface area contributed by atoms with Gasteiger partial charge in [-0.05, 0) is 20.3 Å². The molecule has 19 heavy (non-hydrogen) atoms. The van der Waals surface area contributed by atoms with Crippen molar-refractivity contribution in [2.24, 2.45) is 0 Å². The third kappa shape index (κ3) is 4.39. The van der Waals surface area contributed by atoms with Gasteiger partial charge in [-0.1, -0.05) is 13.3 Å². The number of nitro groups is 1. The Hall–Kier alpha value is -1.85. The molecule has 0 saturated heterocycles. The van der Waals surface area contributed by atoms with E-state index in [1.54, 1.807) is 6.07 Å². The van der Waals surface area contributed by atoms with Crippen LogP contribution in [-0.4, -0.2) is 29.5 Å². The van der Waals surface area contributed by atoms with E-state index in [9.17, 15) is 10.1 Å². The molecule has 1 aromatic rings. The van der Waals surface area contributed by atoms with Crippen LogP contribution in [-0.2, 0) is 0 Å². The minimum Gasteiger partial charge on any atom is -0.370 e. The molecule has 0 amide bonds. The number of unbranched alkanes of at least 4 members (excludes halogenated alkanes) is 1. The van der Waals surface area contributed by atoms with Crippen molar-refractivity contribution in [1.82, 2.24) is 4.98 Å². The van der Waals surface area contributed by atoms with Crippen molar-refractivity contribution in [2.75, 3.05) is 29.9 Å². The summed E-state index contributed by atoms with van der Waals surface area (Å²) in [6, 6.07) is 3.01. The van der Waals surface area contributed by atoms with E-state index in [2.05, 4.69) is 22.1 Å². The van der Waals surface area contributed by atoms with Crippen molar-refractivity contribution in [2.45, 2.75) is 33.6 Å². The molecule has 0 spiro atoms. The Morgan fingerprint density at radius 1 is 1.37 bits per heavy atom. The van der Waals surface area contributed by atoms with E-state index in [1.165, 1.54) is 6.07 Å². The predicted molar refractivity (Wildman–Crippen MR) is 77.9 cm³/mol. The Labute approximate surface area is 114 Å². The molecule has 6 nitrogen and oxygen atoms in total. The molecule has 1 aromatic heterocycles. The molecule has 1 rings (SSSR count). The maximum absolute atomic E-state index is 11.0. The number of hydrogen-bond donors (Lipinski definition) is 1. The van der Waals surface area contributed by atoms with Crippen molar-refractivity contribution in [3.63, 3.8) is 0 Å². The number of hydrogen-bond acceptors (Lipinski definition) is 5. The van der Waals surface area contributed by atoms with Gasteiger partial charge >= 0.3 is 0 Å². The molecule has 0 radical (unpaired) electrons. The highest BCUT2D eigenvalue weighted by Crippen LogP contribution is 2.23. The van der Waals surface area contributed by atoms with Gasteiger partial charge in [0.2, 0.25) is 0 Å². The van der Waals surface area contributed by atoms with Crippen LogP contribution in [0.2, 0.25) is 0 Å². The topological polar surface area (TPSA) is 71.3 Å². The summed E-state index contributed by atoms with van der Waals surface area (Å²) in [6.07, 6.45) is 2.14. The summed E-state index contributed by atoms with van der Waals surface area (Å²) >= 11 is 0. The van der Waals surface area contributed by atoms with E-state index in [0.717, 1.165) is 25.9 Å². The third-order valence-corrected chi connectivity index (χ3v) is 2.85. The second-order valence-electron chi connectivity index (χ2n) is 4.29. The Kier molecular flexibility index (Phi) is 6.05. The largest absolute Gasteiger partial charge is 0.370 e. The molecule has 0 bridgehead atoms. The van der Waals surface area contributed by atoms with E-state index >= 15 is 0 Å². The smallest absolute Gasteiger partial charge is 0.276 e. The van der Waals surface area contributed by atoms with Gasteiger partial charge in [0.15, 0.2) is 0 Å². The fourth-order valence-corrected chi connectivity index (χ4v) is 1.82. The summed E-state index contributed by atoms with van der Waals surface area (Å²) in [5, 5.41) is 14.0. The molecule has 0 aliphatic rings. The summed E-state index contributed by atoms with van der Waals surface area (Å²) < 4.78 is 0. The van der Waals surface area contributed by atoms with Gasteiger partial charge in [-0.15, -0.1) is 0 Å². The van der Waals surface area contributed by atoms with Gasteiger partial charge in [0, 0.05) is 19.6 Å². The van der Waals surface area contributed by atoms with Crippen LogP contribution in [0.25, 0.3) is 0 Å². The maximum atomic E-state index is 11.0. The zero-order valence-electron chi connectivity index (χ0n) is 11.8. The fourth-order valence-electron chi connectivity index (χ4n) is 1.82. The van der Waals surface area contributed by atoms with Crippen molar-refractivity contribution in [1.29, 1.82) is 0 Å². The summed E-state index contributed by atoms with van der Waals surface area (Å²) in [6.45, 7) is 8.44. The minimum absolute atomic E-state index is 0.0795. The molecule has 0 saturated carbocycles. The highest BCUT2D eigenvalue weighted by atomic mass is 16.6. The zero-order chi connectivity index (χ0) is 14.3. The van der Waals surface area contributed by atoms with Crippen molar-refractivity contribution >= 4 is 17.3 Å². The summed E-state index contributed by atoms with van der Waals surface area (Å²) in [5.74, 6) is 1.22. The van der Waals surface area contributed by atoms with Gasteiger partial charge in [0.1, 0.15) is 11.6 Å². The molecule has 0 aliphatic carbocycles. The van der Waals surface area contributed by atoms with Crippen LogP contribution in [0, 0.1) is 10.1 Å². The first kappa shape index (κ1) is 15.2. The van der Waals surface area contributed by atoms with Crippen molar-refractivity contribution in [3.05, 3.63) is 22.2 Å². The van der Waals surface area contributed by atoms with Gasteiger partial charge in [0.05, 0.1) is 17.1 Å². The average Bonchev–Trinajstić information content (AvgIpc) is 2.39. The van der Waals surface area contributed by atoms with Gasteiger partial charge in [-0.2, -0.15) is 0 Å². The monoisotopic (exact) mass is 266 g/mol. The van der Waals surface area contributed by atoms with Crippen LogP contribution >= 0.6 is 0 Å². The van der Waals surface area contributed by atoms with Crippen molar-refractivity contribution < 1.29 is 4.92 Å². The Morgan fingerprint density at radius 2 is 2.11 bits per heavy atom. The molecule has 0 unspecified atom stereocenters. The average molecular weight is 266 g/mol. The van der Waals surface area contributed by atoms with Gasteiger partial charge < -0.3 is 10.2 Å². The summed E-state index contributed by atoms with van der Waals surface area (Å²) in [4.78, 5) is 17.1. The second kappa shape index (κ2) is 7.56. The molecular weight excluding hydrogens is 244 g/mol. The van der Waals surface area contributed by atoms with Crippen LogP contribution < -0.4 is 10.2 Å². The van der Waals surface area contributed by atoms with E-state index < -0.39 is 0 Å². The van der Waals surface area contributed by atoms with Crippen molar-refractivity contribution in [3.8, 4) is 0 Å². The fraction of sp³-hybridized carbons (Fsp3) is 0.615. The van der Waals surface area contributed by atoms with Crippen LogP contribution in [0.5, 0.6) is 0 Å². The predicted octanol–water partition coefficient (Wildman–Crippen LogP) is 3.05. The number of aromatic nitrogens is 1. The lowest BCUT2D eigenvalue weighted by atomic mass is 10.3. The molecule has 106 valence electrons. The quantitative estimate of drug-likeness (QED) is 0.578. The molecule has 1 heterocycles. The van der Waals surface area contributed by atoms with E-state index in [1.807, 2.05) is 13.8 Å². The Bertz CT molecular complexity index is 423. The van der Waals surface area contributed by atoms with Gasteiger partial charge in [-0.3, -0.25) is 10.1 Å². The summed E-state index contributed by atoms with van der Waals surface area (Å²) in [7, 11) is 0. The first-order valence-corrected chi connectivity index (χ1v) is 6.77. The highest BCUT2D eigenvalue weighted by molar-refractivity contribution is 5.55. The number of nitrogens with one attached hydrogen (secondary N) is 1. The Balaban J connectivity index is 3.05. The normalized spacial score (nSPS) is 10.3. The molecule has 0 atom stereocenters. The third-order valence-electron chi connectivity index (χ3n) is 2.85. The van der Waals surface area contributed by atoms with Crippen LogP contribution in [0.3, 0.4) is 0 Å². The second-order valence-corrected chi connectivity index (χ2v) is 4.29. The van der Waals surface area contributed by atoms with E-state index in [0.29, 0.717) is 18.2 Å². The standard InChI is InChI=1S/C13H22N4O2/c1-4-7-8-16(6-3)13-10-11(17(18)19)9-12(15-13)14-5-2/h9-10H,4-8H2,1-3H3,(H,14,15). The highest BCUT2D eigenvalue weighted by Gasteiger charge is 2.14. The van der Waals surface area contributed by atoms with E-state index in [4.69, 9.17) is 0 Å². The number of rotatable bonds is 8. The van der Waals surface area contributed by atoms with Gasteiger partial charge in [0.25, 0.3) is 5.69 Å². The summed E-state index contributed by atoms with van der Waals surface area (Å²) in [5.41, 5.74) is 0.0795. The molecule has 1 N–H and O–H groups in total. The molecule has 0 aliphatic heterocycles. The van der Waals surface area contributed by atoms with Crippen LogP contribution in [0.1, 0.15) is 33.6 Å². The number of anilines is 2. The minimum atomic E-state index is -0.375. The molecule has 0 fully saturated rings. The lowest BCUT2D eigenvalue weighted by Crippen LogP contribution is -2.25. The van der Waals surface area contributed by atoms with Gasteiger partial charge in [-0.25, -0.2) is 4.98 Å². The SMILES string of the molecule is CCCCN(CC)c1cc([N+](=O)[O-])cc(NCC)n1. The molecule has 6 heteroatoms. The Morgan fingerprint density at radius 3 is 2.63 bits per heavy atom.